The van der Waals surface area contributed by atoms with Gasteiger partial charge in [-0.1, -0.05) is 11.3 Å². The molecule has 104 valence electrons. The third-order valence-corrected chi connectivity index (χ3v) is 4.77. The van der Waals surface area contributed by atoms with E-state index in [1.54, 1.807) is 11.9 Å². The zero-order valence-corrected chi connectivity index (χ0v) is 11.7. The number of nitrogens with zero attached hydrogens (tertiary/aromatic N) is 3. The first-order valence-electron chi connectivity index (χ1n) is 6.52. The van der Waals surface area contributed by atoms with Crippen molar-refractivity contribution in [1.82, 2.24) is 10.2 Å². The molecule has 19 heavy (non-hydrogen) atoms. The Balaban J connectivity index is 1.69. The first kappa shape index (κ1) is 13.0. The second kappa shape index (κ2) is 5.52. The lowest BCUT2D eigenvalue weighted by Gasteiger charge is -2.16. The molecule has 7 heteroatoms. The molecule has 0 saturated carbocycles. The van der Waals surface area contributed by atoms with Gasteiger partial charge >= 0.3 is 0 Å². The molecule has 6 nitrogen and oxygen atoms in total. The predicted octanol–water partition coefficient (Wildman–Crippen LogP) is 1.04. The number of hydrogen-bond acceptors (Lipinski definition) is 6. The highest BCUT2D eigenvalue weighted by Gasteiger charge is 2.29. The van der Waals surface area contributed by atoms with Gasteiger partial charge in [0.05, 0.1) is 19.1 Å². The molecule has 2 aliphatic heterocycles. The van der Waals surface area contributed by atoms with E-state index >= 15 is 0 Å². The van der Waals surface area contributed by atoms with Crippen molar-refractivity contribution in [3.05, 3.63) is 5.01 Å². The number of carbonyl (C=O) groups excluding carboxylic acids is 1. The first-order valence-corrected chi connectivity index (χ1v) is 7.34. The van der Waals surface area contributed by atoms with Gasteiger partial charge in [0.2, 0.25) is 11.0 Å². The summed E-state index contributed by atoms with van der Waals surface area (Å²) >= 11 is 1.49. The van der Waals surface area contributed by atoms with E-state index in [4.69, 9.17) is 9.47 Å². The number of hydrogen-bond donors (Lipinski definition) is 0. The van der Waals surface area contributed by atoms with Crippen LogP contribution >= 0.6 is 11.3 Å². The molecule has 2 saturated heterocycles. The van der Waals surface area contributed by atoms with E-state index in [1.807, 2.05) is 0 Å². The fourth-order valence-electron chi connectivity index (χ4n) is 2.35. The van der Waals surface area contributed by atoms with Gasteiger partial charge in [-0.3, -0.25) is 9.69 Å². The second-order valence-corrected chi connectivity index (χ2v) is 5.93. The molecule has 0 aromatic carbocycles. The SMILES string of the molecule is CN(C(=O)[C@@H]1CCOC1)c1nnc([C@@H]2CCOC2)s1. The minimum atomic E-state index is -0.0350. The average molecular weight is 283 g/mol. The summed E-state index contributed by atoms with van der Waals surface area (Å²) in [4.78, 5) is 13.8. The lowest BCUT2D eigenvalue weighted by molar-refractivity contribution is -0.122. The van der Waals surface area contributed by atoms with E-state index in [2.05, 4.69) is 10.2 Å². The normalized spacial score (nSPS) is 26.8. The number of aromatic nitrogens is 2. The first-order chi connectivity index (χ1) is 9.25. The van der Waals surface area contributed by atoms with Gasteiger partial charge in [-0.05, 0) is 12.8 Å². The van der Waals surface area contributed by atoms with Gasteiger partial charge in [-0.25, -0.2) is 0 Å². The van der Waals surface area contributed by atoms with E-state index in [-0.39, 0.29) is 11.8 Å². The Hall–Kier alpha value is -1.05. The van der Waals surface area contributed by atoms with E-state index in [0.717, 1.165) is 24.5 Å². The number of rotatable bonds is 3. The largest absolute Gasteiger partial charge is 0.381 e. The molecular formula is C12H17N3O3S. The van der Waals surface area contributed by atoms with E-state index in [0.29, 0.717) is 30.9 Å². The van der Waals surface area contributed by atoms with Gasteiger partial charge < -0.3 is 9.47 Å². The Kier molecular flexibility index (Phi) is 3.76. The molecule has 3 heterocycles. The van der Waals surface area contributed by atoms with E-state index < -0.39 is 0 Å². The standard InChI is InChI=1S/C12H17N3O3S/c1-15(11(16)9-3-5-18-7-9)12-14-13-10(19-12)8-2-4-17-6-8/h8-9H,2-7H2,1H3/t8-,9-/m1/s1. The summed E-state index contributed by atoms with van der Waals surface area (Å²) in [6.45, 7) is 2.69. The maximum Gasteiger partial charge on any atom is 0.234 e. The second-order valence-electron chi connectivity index (χ2n) is 4.94. The molecule has 0 N–H and O–H groups in total. The summed E-state index contributed by atoms with van der Waals surface area (Å²) in [6.07, 6.45) is 1.79. The Morgan fingerprint density at radius 3 is 2.74 bits per heavy atom. The third-order valence-electron chi connectivity index (χ3n) is 3.61. The summed E-state index contributed by atoms with van der Waals surface area (Å²) in [5.74, 6) is 0.375. The molecule has 0 bridgehead atoms. The highest BCUT2D eigenvalue weighted by Crippen LogP contribution is 2.31. The maximum atomic E-state index is 12.2. The van der Waals surface area contributed by atoms with Gasteiger partial charge in [0.25, 0.3) is 0 Å². The monoisotopic (exact) mass is 283 g/mol. The van der Waals surface area contributed by atoms with Crippen LogP contribution < -0.4 is 4.90 Å². The van der Waals surface area contributed by atoms with E-state index in [1.165, 1.54) is 11.3 Å². The molecule has 2 aliphatic rings. The van der Waals surface area contributed by atoms with E-state index in [9.17, 15) is 4.79 Å². The topological polar surface area (TPSA) is 64.6 Å². The van der Waals surface area contributed by atoms with Crippen LogP contribution in [0.2, 0.25) is 0 Å². The Morgan fingerprint density at radius 2 is 2.05 bits per heavy atom. The molecule has 2 atom stereocenters. The lowest BCUT2D eigenvalue weighted by atomic mass is 10.1. The highest BCUT2D eigenvalue weighted by atomic mass is 32.1. The van der Waals surface area contributed by atoms with Crippen LogP contribution in [0, 0.1) is 5.92 Å². The third kappa shape index (κ3) is 2.63. The van der Waals surface area contributed by atoms with Gasteiger partial charge in [0.1, 0.15) is 5.01 Å². The van der Waals surface area contributed by atoms with Crippen LogP contribution in [0.15, 0.2) is 0 Å². The molecule has 0 radical (unpaired) electrons. The quantitative estimate of drug-likeness (QED) is 0.829. The van der Waals surface area contributed by atoms with Gasteiger partial charge in [0, 0.05) is 26.2 Å². The van der Waals surface area contributed by atoms with Crippen molar-refractivity contribution in [1.29, 1.82) is 0 Å². The number of ether oxygens (including phenoxy) is 2. The van der Waals surface area contributed by atoms with Crippen LogP contribution in [0.1, 0.15) is 23.8 Å². The molecule has 2 fully saturated rings. The highest BCUT2D eigenvalue weighted by molar-refractivity contribution is 7.15. The molecule has 0 unspecified atom stereocenters. The molecule has 3 rings (SSSR count). The fourth-order valence-corrected chi connectivity index (χ4v) is 3.28. The molecular weight excluding hydrogens is 266 g/mol. The molecule has 1 aromatic rings. The minimum absolute atomic E-state index is 0.0350. The van der Waals surface area contributed by atoms with Gasteiger partial charge in [-0.15, -0.1) is 10.2 Å². The summed E-state index contributed by atoms with van der Waals surface area (Å²) in [6, 6.07) is 0. The predicted molar refractivity (Wildman–Crippen MR) is 70.4 cm³/mol. The zero-order valence-electron chi connectivity index (χ0n) is 10.9. The fraction of sp³-hybridized carbons (Fsp3) is 0.750. The van der Waals surface area contributed by atoms with Crippen molar-refractivity contribution in [2.24, 2.45) is 5.92 Å². The van der Waals surface area contributed by atoms with Crippen molar-refractivity contribution in [3.63, 3.8) is 0 Å². The van der Waals surface area contributed by atoms with Crippen molar-refractivity contribution in [2.75, 3.05) is 38.4 Å². The average Bonchev–Trinajstić information content (AvgIpc) is 3.16. The van der Waals surface area contributed by atoms with Crippen LogP contribution in [0.5, 0.6) is 0 Å². The number of carbonyl (C=O) groups is 1. The summed E-state index contributed by atoms with van der Waals surface area (Å²) in [5, 5.41) is 9.96. The zero-order chi connectivity index (χ0) is 13.2. The lowest BCUT2D eigenvalue weighted by Crippen LogP contribution is -2.33. The van der Waals surface area contributed by atoms with Gasteiger partial charge in [0.15, 0.2) is 0 Å². The van der Waals surface area contributed by atoms with Crippen LogP contribution in [0.3, 0.4) is 0 Å². The summed E-state index contributed by atoms with van der Waals surface area (Å²) in [7, 11) is 1.76. The van der Waals surface area contributed by atoms with Crippen molar-refractivity contribution in [3.8, 4) is 0 Å². The number of anilines is 1. The molecule has 0 aliphatic carbocycles. The van der Waals surface area contributed by atoms with Crippen LogP contribution in [-0.2, 0) is 14.3 Å². The van der Waals surface area contributed by atoms with Crippen molar-refractivity contribution in [2.45, 2.75) is 18.8 Å². The Morgan fingerprint density at radius 1 is 1.26 bits per heavy atom. The Labute approximate surface area is 115 Å². The minimum Gasteiger partial charge on any atom is -0.381 e. The van der Waals surface area contributed by atoms with Crippen LogP contribution in [0.25, 0.3) is 0 Å². The molecule has 0 spiro atoms. The maximum absolute atomic E-state index is 12.2. The number of amides is 1. The van der Waals surface area contributed by atoms with Crippen molar-refractivity contribution < 1.29 is 14.3 Å². The molecule has 1 aromatic heterocycles. The Bertz CT molecular complexity index is 453. The smallest absolute Gasteiger partial charge is 0.234 e. The van der Waals surface area contributed by atoms with Crippen molar-refractivity contribution >= 4 is 22.4 Å². The summed E-state index contributed by atoms with van der Waals surface area (Å²) in [5.41, 5.74) is 0. The van der Waals surface area contributed by atoms with Crippen LogP contribution in [0.4, 0.5) is 5.13 Å². The summed E-state index contributed by atoms with van der Waals surface area (Å²) < 4.78 is 10.6. The van der Waals surface area contributed by atoms with Gasteiger partial charge in [-0.2, -0.15) is 0 Å². The molecule has 1 amide bonds. The van der Waals surface area contributed by atoms with Crippen LogP contribution in [-0.4, -0.2) is 49.6 Å².